The van der Waals surface area contributed by atoms with Gasteiger partial charge in [-0.1, -0.05) is 0 Å². The zero-order valence-corrected chi connectivity index (χ0v) is 10.0. The van der Waals surface area contributed by atoms with E-state index in [1.165, 1.54) is 32.4 Å². The van der Waals surface area contributed by atoms with E-state index in [0.717, 1.165) is 0 Å². The Morgan fingerprint density at radius 1 is 1.41 bits per heavy atom. The second-order valence-electron chi connectivity index (χ2n) is 3.51. The molecule has 0 saturated heterocycles. The van der Waals surface area contributed by atoms with Gasteiger partial charge in [0.2, 0.25) is 0 Å². The lowest BCUT2D eigenvalue weighted by Gasteiger charge is -2.14. The minimum atomic E-state index is -0.458. The van der Waals surface area contributed by atoms with Crippen LogP contribution >= 0.6 is 0 Å². The molecule has 0 heterocycles. The highest BCUT2D eigenvalue weighted by molar-refractivity contribution is 5.69. The van der Waals surface area contributed by atoms with Gasteiger partial charge in [-0.3, -0.25) is 4.79 Å². The number of rotatable bonds is 5. The molecule has 0 aliphatic carbocycles. The fourth-order valence-electron chi connectivity index (χ4n) is 1.31. The van der Waals surface area contributed by atoms with Crippen LogP contribution in [-0.2, 0) is 9.53 Å². The van der Waals surface area contributed by atoms with Crippen molar-refractivity contribution in [3.05, 3.63) is 24.0 Å². The Morgan fingerprint density at radius 3 is 2.71 bits per heavy atom. The molecule has 0 amide bonds. The highest BCUT2D eigenvalue weighted by Crippen LogP contribution is 2.24. The van der Waals surface area contributed by atoms with Gasteiger partial charge in [0, 0.05) is 6.07 Å². The van der Waals surface area contributed by atoms with Gasteiger partial charge >= 0.3 is 5.97 Å². The van der Waals surface area contributed by atoms with E-state index in [0.29, 0.717) is 5.75 Å². The number of hydrogen-bond acceptors (Lipinski definition) is 4. The molecule has 1 rings (SSSR count). The van der Waals surface area contributed by atoms with Gasteiger partial charge in [0.1, 0.15) is 11.9 Å². The van der Waals surface area contributed by atoms with E-state index in [9.17, 15) is 9.18 Å². The molecule has 1 unspecified atom stereocenters. The smallest absolute Gasteiger partial charge is 0.309 e. The predicted octanol–water partition coefficient (Wildman–Crippen LogP) is 2.16. The molecule has 0 aliphatic heterocycles. The molecule has 0 radical (unpaired) electrons. The van der Waals surface area contributed by atoms with Gasteiger partial charge in [-0.2, -0.15) is 0 Å². The zero-order chi connectivity index (χ0) is 12.8. The molecular formula is C12H15FO4. The molecule has 94 valence electrons. The highest BCUT2D eigenvalue weighted by atomic mass is 19.1. The van der Waals surface area contributed by atoms with Crippen molar-refractivity contribution < 1.29 is 23.4 Å². The van der Waals surface area contributed by atoms with E-state index in [-0.39, 0.29) is 24.2 Å². The Hall–Kier alpha value is -1.78. The Balaban J connectivity index is 2.65. The summed E-state index contributed by atoms with van der Waals surface area (Å²) in [5, 5.41) is 0. The Kier molecular flexibility index (Phi) is 4.75. The van der Waals surface area contributed by atoms with Crippen LogP contribution < -0.4 is 9.47 Å². The molecular weight excluding hydrogens is 227 g/mol. The molecule has 17 heavy (non-hydrogen) atoms. The van der Waals surface area contributed by atoms with Crippen molar-refractivity contribution in [2.75, 3.05) is 14.2 Å². The normalized spacial score (nSPS) is 11.8. The lowest BCUT2D eigenvalue weighted by molar-refractivity contribution is -0.142. The van der Waals surface area contributed by atoms with E-state index < -0.39 is 5.82 Å². The van der Waals surface area contributed by atoms with E-state index >= 15 is 0 Å². The first kappa shape index (κ1) is 13.3. The lowest BCUT2D eigenvalue weighted by atomic mass is 10.2. The fourth-order valence-corrected chi connectivity index (χ4v) is 1.31. The topological polar surface area (TPSA) is 44.8 Å². The number of halogens is 1. The molecule has 0 bridgehead atoms. The molecule has 0 spiro atoms. The first-order valence-corrected chi connectivity index (χ1v) is 5.13. The maximum absolute atomic E-state index is 13.1. The number of methoxy groups -OCH3 is 2. The maximum atomic E-state index is 13.1. The van der Waals surface area contributed by atoms with Gasteiger partial charge in [0.25, 0.3) is 0 Å². The van der Waals surface area contributed by atoms with Crippen LogP contribution in [0.25, 0.3) is 0 Å². The minimum Gasteiger partial charge on any atom is -0.494 e. The van der Waals surface area contributed by atoms with E-state index in [4.69, 9.17) is 9.47 Å². The average Bonchev–Trinajstić information content (AvgIpc) is 2.31. The molecule has 1 aromatic rings. The van der Waals surface area contributed by atoms with Gasteiger partial charge in [-0.25, -0.2) is 4.39 Å². The number of ether oxygens (including phenoxy) is 3. The van der Waals surface area contributed by atoms with Crippen LogP contribution in [0.5, 0.6) is 11.5 Å². The van der Waals surface area contributed by atoms with Crippen molar-refractivity contribution >= 4 is 5.97 Å². The fraction of sp³-hybridized carbons (Fsp3) is 0.417. The van der Waals surface area contributed by atoms with Crippen molar-refractivity contribution in [2.24, 2.45) is 0 Å². The molecule has 5 heteroatoms. The summed E-state index contributed by atoms with van der Waals surface area (Å²) in [7, 11) is 2.69. The van der Waals surface area contributed by atoms with Crippen molar-refractivity contribution in [3.8, 4) is 11.5 Å². The summed E-state index contributed by atoms with van der Waals surface area (Å²) in [6.45, 7) is 1.73. The Labute approximate surface area is 99.3 Å². The number of benzene rings is 1. The number of hydrogen-bond donors (Lipinski definition) is 0. The van der Waals surface area contributed by atoms with Gasteiger partial charge < -0.3 is 14.2 Å². The van der Waals surface area contributed by atoms with Crippen molar-refractivity contribution in [1.29, 1.82) is 0 Å². The van der Waals surface area contributed by atoms with Crippen molar-refractivity contribution in [3.63, 3.8) is 0 Å². The first-order valence-electron chi connectivity index (χ1n) is 5.13. The van der Waals surface area contributed by atoms with Crippen LogP contribution in [0, 0.1) is 5.82 Å². The van der Waals surface area contributed by atoms with Crippen LogP contribution in [0.2, 0.25) is 0 Å². The van der Waals surface area contributed by atoms with Crippen molar-refractivity contribution in [1.82, 2.24) is 0 Å². The third-order valence-corrected chi connectivity index (χ3v) is 2.14. The Morgan fingerprint density at radius 2 is 2.12 bits per heavy atom. The zero-order valence-electron chi connectivity index (χ0n) is 10.0. The molecule has 0 N–H and O–H groups in total. The highest BCUT2D eigenvalue weighted by Gasteiger charge is 2.12. The van der Waals surface area contributed by atoms with Crippen molar-refractivity contribution in [2.45, 2.75) is 19.4 Å². The van der Waals surface area contributed by atoms with Crippen LogP contribution in [0.1, 0.15) is 13.3 Å². The van der Waals surface area contributed by atoms with Crippen LogP contribution in [-0.4, -0.2) is 26.3 Å². The summed E-state index contributed by atoms with van der Waals surface area (Å²) in [6, 6.07) is 4.16. The van der Waals surface area contributed by atoms with E-state index in [1.807, 2.05) is 0 Å². The molecule has 0 aliphatic rings. The van der Waals surface area contributed by atoms with Gasteiger partial charge in [-0.05, 0) is 19.1 Å². The quantitative estimate of drug-likeness (QED) is 0.742. The van der Waals surface area contributed by atoms with Gasteiger partial charge in [0.05, 0.1) is 20.6 Å². The predicted molar refractivity (Wildman–Crippen MR) is 59.7 cm³/mol. The average molecular weight is 242 g/mol. The Bertz CT molecular complexity index is 392. The SMILES string of the molecule is COC(=O)CC(C)Oc1ccc(F)c(OC)c1. The summed E-state index contributed by atoms with van der Waals surface area (Å²) < 4.78 is 27.9. The summed E-state index contributed by atoms with van der Waals surface area (Å²) in [5.41, 5.74) is 0. The summed E-state index contributed by atoms with van der Waals surface area (Å²) in [4.78, 5) is 11.0. The summed E-state index contributed by atoms with van der Waals surface area (Å²) >= 11 is 0. The number of carbonyl (C=O) groups excluding carboxylic acids is 1. The second-order valence-corrected chi connectivity index (χ2v) is 3.51. The molecule has 0 aromatic heterocycles. The van der Waals surface area contributed by atoms with Crippen LogP contribution in [0.3, 0.4) is 0 Å². The molecule has 4 nitrogen and oxygen atoms in total. The van der Waals surface area contributed by atoms with Gasteiger partial charge in [0.15, 0.2) is 11.6 Å². The lowest BCUT2D eigenvalue weighted by Crippen LogP contribution is -2.17. The number of esters is 1. The van der Waals surface area contributed by atoms with Gasteiger partial charge in [-0.15, -0.1) is 0 Å². The standard InChI is InChI=1S/C12H15FO4/c1-8(6-12(14)16-3)17-9-4-5-10(13)11(7-9)15-2/h4-5,7-8H,6H2,1-3H3. The summed E-state index contributed by atoms with van der Waals surface area (Å²) in [5.74, 6) is -0.264. The minimum absolute atomic E-state index is 0.104. The molecule has 0 fully saturated rings. The molecule has 1 atom stereocenters. The maximum Gasteiger partial charge on any atom is 0.309 e. The summed E-state index contributed by atoms with van der Waals surface area (Å²) in [6.07, 6.45) is -0.214. The van der Waals surface area contributed by atoms with E-state index in [1.54, 1.807) is 6.92 Å². The van der Waals surface area contributed by atoms with E-state index in [2.05, 4.69) is 4.74 Å². The third-order valence-electron chi connectivity index (χ3n) is 2.14. The number of carbonyl (C=O) groups is 1. The third kappa shape index (κ3) is 3.94. The largest absolute Gasteiger partial charge is 0.494 e. The van der Waals surface area contributed by atoms with Crippen LogP contribution in [0.15, 0.2) is 18.2 Å². The second kappa shape index (κ2) is 6.08. The molecule has 0 saturated carbocycles. The monoisotopic (exact) mass is 242 g/mol. The first-order chi connectivity index (χ1) is 8.06. The van der Waals surface area contributed by atoms with Crippen LogP contribution in [0.4, 0.5) is 4.39 Å². The molecule has 1 aromatic carbocycles.